The van der Waals surface area contributed by atoms with E-state index in [9.17, 15) is 0 Å². The Balaban J connectivity index is 3.13. The van der Waals surface area contributed by atoms with Crippen molar-refractivity contribution in [3.63, 3.8) is 0 Å². The van der Waals surface area contributed by atoms with E-state index in [1.54, 1.807) is 0 Å². The molecule has 0 bridgehead atoms. The molecule has 90 valence electrons. The second-order valence-electron chi connectivity index (χ2n) is 4.46. The molecule has 0 spiro atoms. The van der Waals surface area contributed by atoms with Crippen molar-refractivity contribution in [2.75, 3.05) is 6.54 Å². The third kappa shape index (κ3) is 2.78. The molecule has 2 heteroatoms. The SMILES string of the molecule is CCCC(CN)(CCC)c1ccccc1Cl. The highest BCUT2D eigenvalue weighted by atomic mass is 35.5. The molecule has 0 saturated carbocycles. The van der Waals surface area contributed by atoms with Crippen molar-refractivity contribution in [1.82, 2.24) is 0 Å². The summed E-state index contributed by atoms with van der Waals surface area (Å²) in [5.41, 5.74) is 7.32. The minimum atomic E-state index is 0.0713. The maximum Gasteiger partial charge on any atom is 0.0444 e. The Kier molecular flexibility index (Phi) is 5.30. The highest BCUT2D eigenvalue weighted by molar-refractivity contribution is 6.31. The standard InChI is InChI=1S/C14H22ClN/c1-3-9-14(11-16,10-4-2)12-7-5-6-8-13(12)15/h5-8H,3-4,9-11,16H2,1-2H3. The summed E-state index contributed by atoms with van der Waals surface area (Å²) in [7, 11) is 0. The summed E-state index contributed by atoms with van der Waals surface area (Å²) >= 11 is 6.30. The van der Waals surface area contributed by atoms with Crippen LogP contribution in [-0.4, -0.2) is 6.54 Å². The van der Waals surface area contributed by atoms with E-state index < -0.39 is 0 Å². The molecule has 0 fully saturated rings. The fraction of sp³-hybridized carbons (Fsp3) is 0.571. The molecular formula is C14H22ClN. The zero-order valence-corrected chi connectivity index (χ0v) is 11.1. The lowest BCUT2D eigenvalue weighted by Gasteiger charge is -2.33. The number of nitrogens with two attached hydrogens (primary N) is 1. The normalized spacial score (nSPS) is 11.8. The van der Waals surface area contributed by atoms with E-state index in [4.69, 9.17) is 17.3 Å². The predicted octanol–water partition coefficient (Wildman–Crippen LogP) is 4.14. The van der Waals surface area contributed by atoms with E-state index in [0.29, 0.717) is 6.54 Å². The number of benzene rings is 1. The van der Waals surface area contributed by atoms with Gasteiger partial charge in [-0.15, -0.1) is 0 Å². The van der Waals surface area contributed by atoms with E-state index in [2.05, 4.69) is 26.0 Å². The molecule has 0 unspecified atom stereocenters. The minimum Gasteiger partial charge on any atom is -0.330 e. The second kappa shape index (κ2) is 6.27. The monoisotopic (exact) mass is 239 g/mol. The van der Waals surface area contributed by atoms with Gasteiger partial charge in [0.05, 0.1) is 0 Å². The van der Waals surface area contributed by atoms with Crippen LogP contribution in [0.1, 0.15) is 45.1 Å². The molecule has 0 heterocycles. The first kappa shape index (κ1) is 13.5. The number of hydrogen-bond donors (Lipinski definition) is 1. The van der Waals surface area contributed by atoms with E-state index in [0.717, 1.165) is 30.7 Å². The maximum atomic E-state index is 6.30. The van der Waals surface area contributed by atoms with Crippen LogP contribution in [0.3, 0.4) is 0 Å². The Bertz CT molecular complexity index is 316. The molecule has 0 aliphatic heterocycles. The van der Waals surface area contributed by atoms with Crippen LogP contribution in [0.4, 0.5) is 0 Å². The van der Waals surface area contributed by atoms with Gasteiger partial charge in [-0.25, -0.2) is 0 Å². The lowest BCUT2D eigenvalue weighted by molar-refractivity contribution is 0.366. The van der Waals surface area contributed by atoms with Gasteiger partial charge in [-0.05, 0) is 24.5 Å². The summed E-state index contributed by atoms with van der Waals surface area (Å²) in [6, 6.07) is 8.12. The van der Waals surface area contributed by atoms with Gasteiger partial charge < -0.3 is 5.73 Å². The quantitative estimate of drug-likeness (QED) is 0.794. The predicted molar refractivity (Wildman–Crippen MR) is 72.0 cm³/mol. The topological polar surface area (TPSA) is 26.0 Å². The lowest BCUT2D eigenvalue weighted by atomic mass is 9.73. The Morgan fingerprint density at radius 2 is 1.69 bits per heavy atom. The van der Waals surface area contributed by atoms with E-state index in [1.807, 2.05) is 12.1 Å². The van der Waals surface area contributed by atoms with Crippen molar-refractivity contribution in [1.29, 1.82) is 0 Å². The molecule has 0 saturated heterocycles. The maximum absolute atomic E-state index is 6.30. The Hall–Kier alpha value is -0.530. The van der Waals surface area contributed by atoms with Crippen molar-refractivity contribution in [3.8, 4) is 0 Å². The number of hydrogen-bond acceptors (Lipinski definition) is 1. The molecule has 2 N–H and O–H groups in total. The summed E-state index contributed by atoms with van der Waals surface area (Å²) in [5.74, 6) is 0. The molecule has 0 amide bonds. The average molecular weight is 240 g/mol. The largest absolute Gasteiger partial charge is 0.330 e. The first-order valence-corrected chi connectivity index (χ1v) is 6.53. The van der Waals surface area contributed by atoms with Crippen molar-refractivity contribution in [2.24, 2.45) is 5.73 Å². The van der Waals surface area contributed by atoms with Gasteiger partial charge in [-0.2, -0.15) is 0 Å². The summed E-state index contributed by atoms with van der Waals surface area (Å²) in [6.45, 7) is 5.09. The van der Waals surface area contributed by atoms with Gasteiger partial charge >= 0.3 is 0 Å². The number of halogens is 1. The van der Waals surface area contributed by atoms with E-state index in [-0.39, 0.29) is 5.41 Å². The first-order chi connectivity index (χ1) is 7.70. The summed E-state index contributed by atoms with van der Waals surface area (Å²) in [6.07, 6.45) is 4.51. The van der Waals surface area contributed by atoms with Crippen LogP contribution in [0.2, 0.25) is 5.02 Å². The fourth-order valence-electron chi connectivity index (χ4n) is 2.56. The summed E-state index contributed by atoms with van der Waals surface area (Å²) < 4.78 is 0. The Labute approximate surface area is 104 Å². The van der Waals surface area contributed by atoms with Crippen LogP contribution in [-0.2, 0) is 5.41 Å². The molecule has 0 atom stereocenters. The van der Waals surface area contributed by atoms with Crippen LogP contribution in [0.5, 0.6) is 0 Å². The zero-order chi connectivity index (χ0) is 12.0. The van der Waals surface area contributed by atoms with E-state index in [1.165, 1.54) is 5.56 Å². The highest BCUT2D eigenvalue weighted by Crippen LogP contribution is 2.37. The number of rotatable bonds is 6. The Morgan fingerprint density at radius 1 is 1.12 bits per heavy atom. The molecule has 0 aliphatic rings. The second-order valence-corrected chi connectivity index (χ2v) is 4.87. The third-order valence-corrected chi connectivity index (χ3v) is 3.62. The smallest absolute Gasteiger partial charge is 0.0444 e. The molecule has 1 aromatic carbocycles. The van der Waals surface area contributed by atoms with Crippen LogP contribution in [0, 0.1) is 0 Å². The van der Waals surface area contributed by atoms with Crippen LogP contribution in [0.25, 0.3) is 0 Å². The summed E-state index contributed by atoms with van der Waals surface area (Å²) in [4.78, 5) is 0. The molecule has 0 aromatic heterocycles. The molecular weight excluding hydrogens is 218 g/mol. The fourth-order valence-corrected chi connectivity index (χ4v) is 2.89. The van der Waals surface area contributed by atoms with Gasteiger partial charge in [0.1, 0.15) is 0 Å². The van der Waals surface area contributed by atoms with Crippen LogP contribution < -0.4 is 5.73 Å². The van der Waals surface area contributed by atoms with Gasteiger partial charge in [-0.3, -0.25) is 0 Å². The highest BCUT2D eigenvalue weighted by Gasteiger charge is 2.30. The van der Waals surface area contributed by atoms with Crippen molar-refractivity contribution in [3.05, 3.63) is 34.9 Å². The van der Waals surface area contributed by atoms with Gasteiger partial charge in [0, 0.05) is 17.0 Å². The lowest BCUT2D eigenvalue weighted by Crippen LogP contribution is -2.35. The first-order valence-electron chi connectivity index (χ1n) is 6.15. The van der Waals surface area contributed by atoms with Crippen molar-refractivity contribution in [2.45, 2.75) is 44.9 Å². The average Bonchev–Trinajstić information content (AvgIpc) is 2.29. The van der Waals surface area contributed by atoms with Crippen LogP contribution >= 0.6 is 11.6 Å². The molecule has 0 radical (unpaired) electrons. The zero-order valence-electron chi connectivity index (χ0n) is 10.3. The van der Waals surface area contributed by atoms with Gasteiger partial charge in [0.15, 0.2) is 0 Å². The third-order valence-electron chi connectivity index (χ3n) is 3.29. The van der Waals surface area contributed by atoms with Crippen molar-refractivity contribution < 1.29 is 0 Å². The van der Waals surface area contributed by atoms with Gasteiger partial charge in [0.25, 0.3) is 0 Å². The van der Waals surface area contributed by atoms with E-state index >= 15 is 0 Å². The van der Waals surface area contributed by atoms with Crippen LogP contribution in [0.15, 0.2) is 24.3 Å². The molecule has 1 nitrogen and oxygen atoms in total. The van der Waals surface area contributed by atoms with Gasteiger partial charge in [-0.1, -0.05) is 56.5 Å². The van der Waals surface area contributed by atoms with Gasteiger partial charge in [0.2, 0.25) is 0 Å². The molecule has 1 rings (SSSR count). The minimum absolute atomic E-state index is 0.0713. The molecule has 16 heavy (non-hydrogen) atoms. The summed E-state index contributed by atoms with van der Waals surface area (Å²) in [5, 5.41) is 0.856. The Morgan fingerprint density at radius 3 is 2.12 bits per heavy atom. The molecule has 1 aromatic rings. The van der Waals surface area contributed by atoms with Crippen molar-refractivity contribution >= 4 is 11.6 Å². The molecule has 0 aliphatic carbocycles.